The molecule has 2 aromatic rings. The molecule has 0 spiro atoms. The van der Waals surface area contributed by atoms with Gasteiger partial charge < -0.3 is 10.6 Å². The van der Waals surface area contributed by atoms with Gasteiger partial charge in [-0.05, 0) is 48.2 Å². The average Bonchev–Trinajstić information content (AvgIpc) is 3.40. The van der Waals surface area contributed by atoms with Gasteiger partial charge >= 0.3 is 11.8 Å². The quantitative estimate of drug-likeness (QED) is 0.819. The first-order valence-corrected chi connectivity index (χ1v) is 8.05. The normalized spacial score (nSPS) is 14.6. The summed E-state index contributed by atoms with van der Waals surface area (Å²) in [5.41, 5.74) is 1.45. The van der Waals surface area contributed by atoms with Gasteiger partial charge in [-0.15, -0.1) is 0 Å². The zero-order valence-electron chi connectivity index (χ0n) is 13.5. The molecule has 0 saturated heterocycles. The van der Waals surface area contributed by atoms with Crippen molar-refractivity contribution in [3.05, 3.63) is 71.3 Å². The molecule has 1 aliphatic rings. The van der Waals surface area contributed by atoms with Crippen LogP contribution in [0.3, 0.4) is 0 Å². The van der Waals surface area contributed by atoms with Crippen LogP contribution in [-0.2, 0) is 21.5 Å². The second kappa shape index (κ2) is 7.01. The monoisotopic (exact) mass is 344 g/mol. The van der Waals surface area contributed by atoms with Crippen molar-refractivity contribution in [1.82, 2.24) is 10.6 Å². The number of nitrogens with one attached hydrogen (secondary N) is 2. The number of hydrogen-bond acceptors (Lipinski definition) is 2. The Morgan fingerprint density at radius 2 is 1.36 bits per heavy atom. The van der Waals surface area contributed by atoms with Crippen LogP contribution in [-0.4, -0.2) is 18.4 Å². The van der Waals surface area contributed by atoms with Crippen molar-refractivity contribution in [3.63, 3.8) is 0 Å². The minimum atomic E-state index is -0.737. The molecule has 0 unspecified atom stereocenters. The van der Waals surface area contributed by atoms with Crippen molar-refractivity contribution in [2.45, 2.75) is 24.8 Å². The van der Waals surface area contributed by atoms with Crippen molar-refractivity contribution in [1.29, 1.82) is 0 Å². The molecule has 4 nitrogen and oxygen atoms in total. The highest BCUT2D eigenvalue weighted by Crippen LogP contribution is 2.47. The minimum absolute atomic E-state index is 0.148. The lowest BCUT2D eigenvalue weighted by Gasteiger charge is -2.16. The van der Waals surface area contributed by atoms with E-state index < -0.39 is 11.8 Å². The molecule has 2 aromatic carbocycles. The molecule has 6 heteroatoms. The van der Waals surface area contributed by atoms with Crippen LogP contribution in [0.2, 0.25) is 0 Å². The molecule has 1 aliphatic carbocycles. The number of carbonyl (C=O) groups is 2. The maximum absolute atomic E-state index is 13.0. The lowest BCUT2D eigenvalue weighted by atomic mass is 9.96. The van der Waals surface area contributed by atoms with Crippen molar-refractivity contribution in [2.24, 2.45) is 0 Å². The SMILES string of the molecule is O=C(NCc1ccc(F)cc1)C(=O)NCC1(c2ccc(F)cc2)CC1. The van der Waals surface area contributed by atoms with Gasteiger partial charge in [0.15, 0.2) is 0 Å². The van der Waals surface area contributed by atoms with Crippen LogP contribution in [0.15, 0.2) is 48.5 Å². The number of benzene rings is 2. The Bertz CT molecular complexity index is 769. The van der Waals surface area contributed by atoms with Crippen LogP contribution in [0, 0.1) is 11.6 Å². The first-order valence-electron chi connectivity index (χ1n) is 8.05. The summed E-state index contributed by atoms with van der Waals surface area (Å²) in [7, 11) is 0. The van der Waals surface area contributed by atoms with E-state index in [0.29, 0.717) is 12.1 Å². The van der Waals surface area contributed by atoms with Gasteiger partial charge in [0, 0.05) is 18.5 Å². The molecule has 1 saturated carbocycles. The first kappa shape index (κ1) is 17.1. The van der Waals surface area contributed by atoms with E-state index in [-0.39, 0.29) is 23.6 Å². The fraction of sp³-hybridized carbons (Fsp3) is 0.263. The van der Waals surface area contributed by atoms with Crippen LogP contribution in [0.25, 0.3) is 0 Å². The Hall–Kier alpha value is -2.76. The van der Waals surface area contributed by atoms with Crippen molar-refractivity contribution < 1.29 is 18.4 Å². The molecule has 2 amide bonds. The van der Waals surface area contributed by atoms with Crippen LogP contribution in [0.1, 0.15) is 24.0 Å². The maximum Gasteiger partial charge on any atom is 0.309 e. The standard InChI is InChI=1S/C19H18F2N2O2/c20-15-5-1-13(2-6-15)11-22-17(24)18(25)23-12-19(9-10-19)14-3-7-16(21)8-4-14/h1-8H,9-12H2,(H,22,24)(H,23,25). The molecule has 0 bridgehead atoms. The maximum atomic E-state index is 13.0. The Morgan fingerprint density at radius 1 is 0.840 bits per heavy atom. The summed E-state index contributed by atoms with van der Waals surface area (Å²) in [6.07, 6.45) is 1.77. The van der Waals surface area contributed by atoms with E-state index in [0.717, 1.165) is 18.4 Å². The van der Waals surface area contributed by atoms with E-state index in [1.54, 1.807) is 24.3 Å². The Morgan fingerprint density at radius 3 is 1.92 bits per heavy atom. The summed E-state index contributed by atoms with van der Waals surface area (Å²) in [5.74, 6) is -2.11. The van der Waals surface area contributed by atoms with E-state index in [1.165, 1.54) is 24.3 Å². The van der Waals surface area contributed by atoms with Gasteiger partial charge in [-0.25, -0.2) is 8.78 Å². The highest BCUT2D eigenvalue weighted by Gasteiger charge is 2.44. The largest absolute Gasteiger partial charge is 0.347 e. The molecule has 1 fully saturated rings. The van der Waals surface area contributed by atoms with Crippen molar-refractivity contribution >= 4 is 11.8 Å². The van der Waals surface area contributed by atoms with E-state index in [2.05, 4.69) is 10.6 Å². The van der Waals surface area contributed by atoms with Gasteiger partial charge in [0.05, 0.1) is 0 Å². The fourth-order valence-electron chi connectivity index (χ4n) is 2.72. The number of amides is 2. The summed E-state index contributed by atoms with van der Waals surface area (Å²) in [6, 6.07) is 11.9. The predicted octanol–water partition coefficient (Wildman–Crippen LogP) is 2.43. The van der Waals surface area contributed by atoms with E-state index >= 15 is 0 Å². The number of rotatable bonds is 5. The molecule has 0 aromatic heterocycles. The lowest BCUT2D eigenvalue weighted by molar-refractivity contribution is -0.139. The summed E-state index contributed by atoms with van der Waals surface area (Å²) in [4.78, 5) is 23.8. The minimum Gasteiger partial charge on any atom is -0.347 e. The van der Waals surface area contributed by atoms with Crippen LogP contribution >= 0.6 is 0 Å². The lowest BCUT2D eigenvalue weighted by Crippen LogP contribution is -2.42. The summed E-state index contributed by atoms with van der Waals surface area (Å²) < 4.78 is 25.8. The number of carbonyl (C=O) groups excluding carboxylic acids is 2. The molecule has 0 atom stereocenters. The Kier molecular flexibility index (Phi) is 4.79. The number of halogens is 2. The molecule has 2 N–H and O–H groups in total. The third-order valence-electron chi connectivity index (χ3n) is 4.47. The molecule has 3 rings (SSSR count). The highest BCUT2D eigenvalue weighted by molar-refractivity contribution is 6.35. The van der Waals surface area contributed by atoms with Crippen LogP contribution in [0.5, 0.6) is 0 Å². The molecular formula is C19H18F2N2O2. The van der Waals surface area contributed by atoms with Crippen LogP contribution in [0.4, 0.5) is 8.78 Å². The topological polar surface area (TPSA) is 58.2 Å². The summed E-state index contributed by atoms with van der Waals surface area (Å²) in [6.45, 7) is 0.483. The van der Waals surface area contributed by atoms with Gasteiger partial charge in [-0.3, -0.25) is 9.59 Å². The zero-order valence-corrected chi connectivity index (χ0v) is 13.5. The zero-order chi connectivity index (χ0) is 17.9. The Labute approximate surface area is 144 Å². The van der Waals surface area contributed by atoms with Crippen LogP contribution < -0.4 is 10.6 Å². The second-order valence-electron chi connectivity index (χ2n) is 6.28. The summed E-state index contributed by atoms with van der Waals surface area (Å²) in [5, 5.41) is 5.14. The van der Waals surface area contributed by atoms with E-state index in [1.807, 2.05) is 0 Å². The van der Waals surface area contributed by atoms with Gasteiger partial charge in [-0.1, -0.05) is 24.3 Å². The predicted molar refractivity (Wildman–Crippen MR) is 88.6 cm³/mol. The third-order valence-corrected chi connectivity index (χ3v) is 4.47. The molecule has 25 heavy (non-hydrogen) atoms. The third kappa shape index (κ3) is 4.21. The highest BCUT2D eigenvalue weighted by atomic mass is 19.1. The fourth-order valence-corrected chi connectivity index (χ4v) is 2.72. The average molecular weight is 344 g/mol. The smallest absolute Gasteiger partial charge is 0.309 e. The van der Waals surface area contributed by atoms with Gasteiger partial charge in [0.25, 0.3) is 0 Å². The molecule has 0 aliphatic heterocycles. The molecule has 0 radical (unpaired) electrons. The molecule has 130 valence electrons. The Balaban J connectivity index is 1.49. The van der Waals surface area contributed by atoms with Gasteiger partial charge in [0.2, 0.25) is 0 Å². The van der Waals surface area contributed by atoms with Crippen molar-refractivity contribution in [2.75, 3.05) is 6.54 Å². The van der Waals surface area contributed by atoms with Gasteiger partial charge in [-0.2, -0.15) is 0 Å². The van der Waals surface area contributed by atoms with Gasteiger partial charge in [0.1, 0.15) is 11.6 Å². The second-order valence-corrected chi connectivity index (χ2v) is 6.28. The number of hydrogen-bond donors (Lipinski definition) is 2. The van der Waals surface area contributed by atoms with E-state index in [4.69, 9.17) is 0 Å². The van der Waals surface area contributed by atoms with E-state index in [9.17, 15) is 18.4 Å². The van der Waals surface area contributed by atoms with Crippen molar-refractivity contribution in [3.8, 4) is 0 Å². The molecule has 0 heterocycles. The summed E-state index contributed by atoms with van der Waals surface area (Å²) >= 11 is 0. The molecular weight excluding hydrogens is 326 g/mol. The first-order chi connectivity index (χ1) is 12.0.